The third-order valence-electron chi connectivity index (χ3n) is 4.70. The van der Waals surface area contributed by atoms with Gasteiger partial charge in [0.1, 0.15) is 18.1 Å². The molecule has 1 atom stereocenters. The van der Waals surface area contributed by atoms with Gasteiger partial charge >= 0.3 is 0 Å². The highest BCUT2D eigenvalue weighted by Gasteiger charge is 2.21. The van der Waals surface area contributed by atoms with Crippen molar-refractivity contribution in [3.05, 3.63) is 48.8 Å². The number of rotatable bonds is 7. The topological polar surface area (TPSA) is 71.0 Å². The van der Waals surface area contributed by atoms with Crippen LogP contribution in [-0.4, -0.2) is 57.4 Å². The summed E-state index contributed by atoms with van der Waals surface area (Å²) in [5.41, 5.74) is 1.19. The number of pyridine rings is 1. The standard InChI is InChI=1S/C21H29N5O2.HI/c1-22-21(24-11-13-28-20-9-4-10-23-15-20)25-17-6-5-12-26(16-17)18-7-3-8-19(14-18)27-2;/h3-4,7-10,14-15,17H,5-6,11-13,16H2,1-2H3,(H2,22,24,25);1H. The van der Waals surface area contributed by atoms with Crippen molar-refractivity contribution in [2.75, 3.05) is 45.3 Å². The van der Waals surface area contributed by atoms with Crippen LogP contribution < -0.4 is 25.0 Å². The molecule has 0 radical (unpaired) electrons. The molecule has 2 heterocycles. The average Bonchev–Trinajstić information content (AvgIpc) is 2.77. The first-order valence-corrected chi connectivity index (χ1v) is 9.67. The Bertz CT molecular complexity index is 760. The number of piperidine rings is 1. The predicted molar refractivity (Wildman–Crippen MR) is 128 cm³/mol. The number of nitrogens with one attached hydrogen (secondary N) is 2. The fourth-order valence-corrected chi connectivity index (χ4v) is 3.30. The lowest BCUT2D eigenvalue weighted by atomic mass is 10.0. The summed E-state index contributed by atoms with van der Waals surface area (Å²) in [6, 6.07) is 12.3. The number of nitrogens with zero attached hydrogens (tertiary/aromatic N) is 3. The maximum atomic E-state index is 5.66. The SMILES string of the molecule is CN=C(NCCOc1cccnc1)NC1CCCN(c2cccc(OC)c2)C1.I. The highest BCUT2D eigenvalue weighted by molar-refractivity contribution is 14.0. The first-order chi connectivity index (χ1) is 13.8. The molecule has 7 nitrogen and oxygen atoms in total. The minimum atomic E-state index is 0. The molecule has 1 unspecified atom stereocenters. The molecule has 2 N–H and O–H groups in total. The van der Waals surface area contributed by atoms with Crippen molar-refractivity contribution in [2.45, 2.75) is 18.9 Å². The lowest BCUT2D eigenvalue weighted by Crippen LogP contribution is -2.51. The molecular weight excluding hydrogens is 481 g/mol. The number of ether oxygens (including phenoxy) is 2. The number of guanidine groups is 1. The van der Waals surface area contributed by atoms with Gasteiger partial charge in [-0.1, -0.05) is 6.07 Å². The second kappa shape index (κ2) is 12.4. The van der Waals surface area contributed by atoms with Gasteiger partial charge in [0.2, 0.25) is 0 Å². The second-order valence-corrected chi connectivity index (χ2v) is 6.67. The van der Waals surface area contributed by atoms with E-state index in [0.29, 0.717) is 19.2 Å². The summed E-state index contributed by atoms with van der Waals surface area (Å²) in [5, 5.41) is 6.85. The van der Waals surface area contributed by atoms with Crippen LogP contribution in [0.15, 0.2) is 53.8 Å². The van der Waals surface area contributed by atoms with Crippen LogP contribution in [-0.2, 0) is 0 Å². The van der Waals surface area contributed by atoms with E-state index in [1.54, 1.807) is 26.6 Å². The van der Waals surface area contributed by atoms with E-state index in [2.05, 4.69) is 37.6 Å². The van der Waals surface area contributed by atoms with Gasteiger partial charge in [-0.05, 0) is 37.1 Å². The molecule has 0 saturated carbocycles. The van der Waals surface area contributed by atoms with Crippen molar-refractivity contribution in [2.24, 2.45) is 4.99 Å². The van der Waals surface area contributed by atoms with Crippen LogP contribution >= 0.6 is 24.0 Å². The van der Waals surface area contributed by atoms with Crippen molar-refractivity contribution < 1.29 is 9.47 Å². The van der Waals surface area contributed by atoms with Gasteiger partial charge in [-0.15, -0.1) is 24.0 Å². The van der Waals surface area contributed by atoms with E-state index >= 15 is 0 Å². The van der Waals surface area contributed by atoms with Gasteiger partial charge in [-0.3, -0.25) is 9.98 Å². The Morgan fingerprint density at radius 3 is 2.90 bits per heavy atom. The zero-order valence-corrected chi connectivity index (χ0v) is 19.3. The van der Waals surface area contributed by atoms with Gasteiger partial charge in [0.15, 0.2) is 5.96 Å². The van der Waals surface area contributed by atoms with Crippen LogP contribution in [0.1, 0.15) is 12.8 Å². The van der Waals surface area contributed by atoms with Crippen LogP contribution in [0, 0.1) is 0 Å². The van der Waals surface area contributed by atoms with Crippen LogP contribution in [0.5, 0.6) is 11.5 Å². The normalized spacial score (nSPS) is 16.6. The summed E-state index contributed by atoms with van der Waals surface area (Å²) in [5.74, 6) is 2.46. The minimum Gasteiger partial charge on any atom is -0.497 e. The van der Waals surface area contributed by atoms with Crippen LogP contribution in [0.3, 0.4) is 0 Å². The van der Waals surface area contributed by atoms with Crippen molar-refractivity contribution in [1.82, 2.24) is 15.6 Å². The van der Waals surface area contributed by atoms with E-state index in [9.17, 15) is 0 Å². The van der Waals surface area contributed by atoms with E-state index in [4.69, 9.17) is 9.47 Å². The summed E-state index contributed by atoms with van der Waals surface area (Å²) >= 11 is 0. The number of hydrogen-bond donors (Lipinski definition) is 2. The summed E-state index contributed by atoms with van der Waals surface area (Å²) in [6.07, 6.45) is 5.70. The molecule has 1 aliphatic heterocycles. The summed E-state index contributed by atoms with van der Waals surface area (Å²) in [7, 11) is 3.49. The van der Waals surface area contributed by atoms with Gasteiger partial charge in [0.25, 0.3) is 0 Å². The molecular formula is C21H30IN5O2. The molecule has 2 aromatic rings. The van der Waals surface area contributed by atoms with Crippen LogP contribution in [0.2, 0.25) is 0 Å². The molecule has 0 aliphatic carbocycles. The molecule has 158 valence electrons. The maximum absolute atomic E-state index is 5.66. The van der Waals surface area contributed by atoms with Crippen molar-refractivity contribution in [3.8, 4) is 11.5 Å². The zero-order chi connectivity index (χ0) is 19.6. The van der Waals surface area contributed by atoms with Crippen molar-refractivity contribution >= 4 is 35.6 Å². The van der Waals surface area contributed by atoms with Gasteiger partial charge < -0.3 is 25.0 Å². The Hall–Kier alpha value is -2.23. The van der Waals surface area contributed by atoms with Crippen molar-refractivity contribution in [3.63, 3.8) is 0 Å². The smallest absolute Gasteiger partial charge is 0.191 e. The van der Waals surface area contributed by atoms with E-state index in [0.717, 1.165) is 43.4 Å². The van der Waals surface area contributed by atoms with Crippen molar-refractivity contribution in [1.29, 1.82) is 0 Å². The summed E-state index contributed by atoms with van der Waals surface area (Å²) < 4.78 is 11.0. The van der Waals surface area contributed by atoms with Gasteiger partial charge in [-0.2, -0.15) is 0 Å². The number of halogens is 1. The number of aliphatic imine (C=N–C) groups is 1. The molecule has 3 rings (SSSR count). The highest BCUT2D eigenvalue weighted by Crippen LogP contribution is 2.24. The Morgan fingerprint density at radius 1 is 1.28 bits per heavy atom. The molecule has 1 aromatic heterocycles. The number of benzene rings is 1. The Labute approximate surface area is 189 Å². The third kappa shape index (κ3) is 7.26. The predicted octanol–water partition coefficient (Wildman–Crippen LogP) is 2.92. The summed E-state index contributed by atoms with van der Waals surface area (Å²) in [6.45, 7) is 3.20. The van der Waals surface area contributed by atoms with Gasteiger partial charge in [-0.25, -0.2) is 0 Å². The van der Waals surface area contributed by atoms with E-state index < -0.39 is 0 Å². The van der Waals surface area contributed by atoms with E-state index in [1.165, 1.54) is 5.69 Å². The first-order valence-electron chi connectivity index (χ1n) is 9.67. The molecule has 1 aromatic carbocycles. The lowest BCUT2D eigenvalue weighted by molar-refractivity contribution is 0.320. The van der Waals surface area contributed by atoms with Crippen LogP contribution in [0.25, 0.3) is 0 Å². The molecule has 0 amide bonds. The number of anilines is 1. The third-order valence-corrected chi connectivity index (χ3v) is 4.70. The highest BCUT2D eigenvalue weighted by atomic mass is 127. The zero-order valence-electron chi connectivity index (χ0n) is 17.0. The quantitative estimate of drug-likeness (QED) is 0.258. The van der Waals surface area contributed by atoms with E-state index in [1.807, 2.05) is 24.3 Å². The number of hydrogen-bond acceptors (Lipinski definition) is 5. The maximum Gasteiger partial charge on any atom is 0.191 e. The number of methoxy groups -OCH3 is 1. The Kier molecular flexibility index (Phi) is 9.82. The number of aromatic nitrogens is 1. The van der Waals surface area contributed by atoms with E-state index in [-0.39, 0.29) is 24.0 Å². The van der Waals surface area contributed by atoms with Gasteiger partial charge in [0.05, 0.1) is 19.9 Å². The largest absolute Gasteiger partial charge is 0.497 e. The molecule has 1 aliphatic rings. The molecule has 1 saturated heterocycles. The Balaban J connectivity index is 0.00000300. The molecule has 0 spiro atoms. The monoisotopic (exact) mass is 511 g/mol. The Morgan fingerprint density at radius 2 is 2.14 bits per heavy atom. The fraction of sp³-hybridized carbons (Fsp3) is 0.429. The lowest BCUT2D eigenvalue weighted by Gasteiger charge is -2.35. The average molecular weight is 511 g/mol. The fourth-order valence-electron chi connectivity index (χ4n) is 3.30. The minimum absolute atomic E-state index is 0. The van der Waals surface area contributed by atoms with Crippen LogP contribution in [0.4, 0.5) is 5.69 Å². The summed E-state index contributed by atoms with van der Waals surface area (Å²) in [4.78, 5) is 10.8. The molecule has 0 bridgehead atoms. The molecule has 8 heteroatoms. The second-order valence-electron chi connectivity index (χ2n) is 6.67. The molecule has 1 fully saturated rings. The molecule has 29 heavy (non-hydrogen) atoms. The van der Waals surface area contributed by atoms with Gasteiger partial charge in [0, 0.05) is 44.1 Å². The first kappa shape index (κ1) is 23.1.